The maximum Gasteiger partial charge on any atom is 0.271 e. The van der Waals surface area contributed by atoms with Crippen LogP contribution in [0.3, 0.4) is 0 Å². The molecule has 3 aromatic carbocycles. The molecular weight excluding hydrogens is 470 g/mol. The van der Waals surface area contributed by atoms with Crippen LogP contribution in [0.1, 0.15) is 28.4 Å². The average Bonchev–Trinajstić information content (AvgIpc) is 2.81. The zero-order valence-corrected chi connectivity index (χ0v) is 19.3. The lowest BCUT2D eigenvalue weighted by Gasteiger charge is -2.07. The number of halogens is 1. The summed E-state index contributed by atoms with van der Waals surface area (Å²) >= 11 is 5.16. The van der Waals surface area contributed by atoms with Gasteiger partial charge in [-0.15, -0.1) is 11.8 Å². The second kappa shape index (κ2) is 9.90. The van der Waals surface area contributed by atoms with Crippen molar-refractivity contribution in [3.8, 4) is 0 Å². The van der Waals surface area contributed by atoms with Gasteiger partial charge in [0.1, 0.15) is 0 Å². The molecular formula is C25H20BrN3OS. The zero-order valence-electron chi connectivity index (χ0n) is 16.9. The summed E-state index contributed by atoms with van der Waals surface area (Å²) in [6.45, 7) is 1.87. The number of rotatable bonds is 6. The number of para-hydroxylation sites is 1. The van der Waals surface area contributed by atoms with Crippen LogP contribution in [-0.2, 0) is 5.75 Å². The largest absolute Gasteiger partial charge is 0.271 e. The predicted octanol–water partition coefficient (Wildman–Crippen LogP) is 6.44. The fourth-order valence-corrected chi connectivity index (χ4v) is 4.32. The first-order valence-electron chi connectivity index (χ1n) is 9.76. The van der Waals surface area contributed by atoms with Gasteiger partial charge in [-0.1, -0.05) is 58.4 Å². The standard InChI is InChI=1S/C25H20BrN3OS/c1-17(19-11-13-22(26)14-12-19)28-29-25(30)21-9-7-18(8-10-21)16-31-23-6-2-4-20-5-3-15-27-24(20)23/h2-15H,16H2,1H3,(H,29,30). The molecule has 1 amide bonds. The van der Waals surface area contributed by atoms with E-state index in [0.717, 1.165) is 42.9 Å². The molecule has 0 aliphatic heterocycles. The molecule has 154 valence electrons. The van der Waals surface area contributed by atoms with Crippen molar-refractivity contribution in [2.75, 3.05) is 0 Å². The van der Waals surface area contributed by atoms with Crippen molar-refractivity contribution in [1.82, 2.24) is 10.4 Å². The fourth-order valence-electron chi connectivity index (χ4n) is 3.06. The highest BCUT2D eigenvalue weighted by Crippen LogP contribution is 2.28. The maximum atomic E-state index is 12.4. The topological polar surface area (TPSA) is 54.4 Å². The van der Waals surface area contributed by atoms with E-state index < -0.39 is 0 Å². The molecule has 0 bridgehead atoms. The van der Waals surface area contributed by atoms with Crippen molar-refractivity contribution in [1.29, 1.82) is 0 Å². The lowest BCUT2D eigenvalue weighted by Crippen LogP contribution is -2.19. The van der Waals surface area contributed by atoms with E-state index in [4.69, 9.17) is 0 Å². The van der Waals surface area contributed by atoms with Gasteiger partial charge in [0.05, 0.1) is 11.2 Å². The molecule has 0 radical (unpaired) electrons. The SMILES string of the molecule is CC(=NNC(=O)c1ccc(CSc2cccc3cccnc23)cc1)c1ccc(Br)cc1. The van der Waals surface area contributed by atoms with Gasteiger partial charge in [-0.2, -0.15) is 5.10 Å². The predicted molar refractivity (Wildman–Crippen MR) is 132 cm³/mol. The van der Waals surface area contributed by atoms with Crippen molar-refractivity contribution < 1.29 is 4.79 Å². The maximum absolute atomic E-state index is 12.4. The van der Waals surface area contributed by atoms with Gasteiger partial charge < -0.3 is 0 Å². The summed E-state index contributed by atoms with van der Waals surface area (Å²) in [5.74, 6) is 0.576. The number of amides is 1. The molecule has 0 aliphatic carbocycles. The highest BCUT2D eigenvalue weighted by molar-refractivity contribution is 9.10. The summed E-state index contributed by atoms with van der Waals surface area (Å²) in [4.78, 5) is 18.1. The van der Waals surface area contributed by atoms with Crippen LogP contribution in [0.5, 0.6) is 0 Å². The molecule has 0 saturated heterocycles. The van der Waals surface area contributed by atoms with Gasteiger partial charge in [-0.05, 0) is 54.4 Å². The summed E-state index contributed by atoms with van der Waals surface area (Å²) in [7, 11) is 0. The average molecular weight is 490 g/mol. The molecule has 0 atom stereocenters. The monoisotopic (exact) mass is 489 g/mol. The molecule has 1 N–H and O–H groups in total. The summed E-state index contributed by atoms with van der Waals surface area (Å²) in [6.07, 6.45) is 1.82. The van der Waals surface area contributed by atoms with E-state index in [1.807, 2.05) is 67.7 Å². The number of hydrogen-bond donors (Lipinski definition) is 1. The number of fused-ring (bicyclic) bond motifs is 1. The minimum atomic E-state index is -0.228. The molecule has 1 heterocycles. The molecule has 4 nitrogen and oxygen atoms in total. The van der Waals surface area contributed by atoms with Crippen LogP contribution >= 0.6 is 27.7 Å². The Kier molecular flexibility index (Phi) is 6.79. The quantitative estimate of drug-likeness (QED) is 0.192. The fraction of sp³-hybridized carbons (Fsp3) is 0.0800. The van der Waals surface area contributed by atoms with Crippen LogP contribution in [0.15, 0.2) is 99.5 Å². The Morgan fingerprint density at radius 3 is 2.45 bits per heavy atom. The molecule has 0 unspecified atom stereocenters. The Balaban J connectivity index is 1.38. The van der Waals surface area contributed by atoms with E-state index in [-0.39, 0.29) is 5.91 Å². The number of thioether (sulfide) groups is 1. The highest BCUT2D eigenvalue weighted by Gasteiger charge is 2.07. The summed E-state index contributed by atoms with van der Waals surface area (Å²) in [5, 5.41) is 5.36. The van der Waals surface area contributed by atoms with Crippen molar-refractivity contribution in [2.24, 2.45) is 5.10 Å². The Morgan fingerprint density at radius 2 is 1.68 bits per heavy atom. The number of carbonyl (C=O) groups excluding carboxylic acids is 1. The van der Waals surface area contributed by atoms with Gasteiger partial charge in [0.2, 0.25) is 0 Å². The van der Waals surface area contributed by atoms with E-state index in [1.54, 1.807) is 11.8 Å². The smallest absolute Gasteiger partial charge is 0.267 e. The number of hydrazone groups is 1. The van der Waals surface area contributed by atoms with Gasteiger partial charge in [0.15, 0.2) is 0 Å². The molecule has 4 aromatic rings. The normalized spacial score (nSPS) is 11.5. The number of hydrogen-bond acceptors (Lipinski definition) is 4. The molecule has 31 heavy (non-hydrogen) atoms. The molecule has 0 saturated carbocycles. The van der Waals surface area contributed by atoms with Crippen LogP contribution < -0.4 is 5.43 Å². The van der Waals surface area contributed by atoms with Gasteiger partial charge in [0, 0.05) is 32.3 Å². The Bertz CT molecular complexity index is 1230. The van der Waals surface area contributed by atoms with E-state index >= 15 is 0 Å². The van der Waals surface area contributed by atoms with Crippen molar-refractivity contribution in [2.45, 2.75) is 17.6 Å². The van der Waals surface area contributed by atoms with Gasteiger partial charge in [0.25, 0.3) is 5.91 Å². The number of aromatic nitrogens is 1. The van der Waals surface area contributed by atoms with E-state index in [0.29, 0.717) is 5.56 Å². The van der Waals surface area contributed by atoms with Crippen LogP contribution in [0.4, 0.5) is 0 Å². The second-order valence-corrected chi connectivity index (χ2v) is 8.89. The Labute approximate surface area is 193 Å². The zero-order chi connectivity index (χ0) is 21.6. The summed E-state index contributed by atoms with van der Waals surface area (Å²) in [5.41, 5.74) is 7.08. The molecule has 0 spiro atoms. The van der Waals surface area contributed by atoms with Crippen molar-refractivity contribution in [3.05, 3.63) is 106 Å². The highest BCUT2D eigenvalue weighted by atomic mass is 79.9. The Morgan fingerprint density at radius 1 is 0.968 bits per heavy atom. The minimum absolute atomic E-state index is 0.228. The number of benzene rings is 3. The lowest BCUT2D eigenvalue weighted by atomic mass is 10.1. The van der Waals surface area contributed by atoms with Crippen LogP contribution in [0.2, 0.25) is 0 Å². The summed E-state index contributed by atoms with van der Waals surface area (Å²) in [6, 6.07) is 25.6. The number of nitrogens with zero attached hydrogens (tertiary/aromatic N) is 2. The lowest BCUT2D eigenvalue weighted by molar-refractivity contribution is 0.0955. The molecule has 4 rings (SSSR count). The van der Waals surface area contributed by atoms with Gasteiger partial charge in [-0.3, -0.25) is 9.78 Å². The minimum Gasteiger partial charge on any atom is -0.267 e. The third-order valence-corrected chi connectivity index (χ3v) is 6.44. The summed E-state index contributed by atoms with van der Waals surface area (Å²) < 4.78 is 1.00. The molecule has 6 heteroatoms. The third-order valence-electron chi connectivity index (χ3n) is 4.79. The molecule has 1 aromatic heterocycles. The molecule has 0 fully saturated rings. The van der Waals surface area contributed by atoms with Crippen molar-refractivity contribution >= 4 is 50.2 Å². The van der Waals surface area contributed by atoms with Gasteiger partial charge >= 0.3 is 0 Å². The van der Waals surface area contributed by atoms with E-state index in [2.05, 4.69) is 55.7 Å². The van der Waals surface area contributed by atoms with E-state index in [1.165, 1.54) is 0 Å². The van der Waals surface area contributed by atoms with Crippen LogP contribution in [-0.4, -0.2) is 16.6 Å². The first-order valence-corrected chi connectivity index (χ1v) is 11.5. The number of nitrogens with one attached hydrogen (secondary N) is 1. The van der Waals surface area contributed by atoms with Crippen LogP contribution in [0.25, 0.3) is 10.9 Å². The van der Waals surface area contributed by atoms with Gasteiger partial charge in [-0.25, -0.2) is 5.43 Å². The first-order chi connectivity index (χ1) is 15.1. The third kappa shape index (κ3) is 5.40. The van der Waals surface area contributed by atoms with Crippen molar-refractivity contribution in [3.63, 3.8) is 0 Å². The van der Waals surface area contributed by atoms with E-state index in [9.17, 15) is 4.79 Å². The Hall–Kier alpha value is -2.96. The number of pyridine rings is 1. The first kappa shape index (κ1) is 21.3. The van der Waals surface area contributed by atoms with Crippen LogP contribution in [0, 0.1) is 0 Å². The second-order valence-electron chi connectivity index (χ2n) is 6.96. The molecule has 0 aliphatic rings. The number of carbonyl (C=O) groups is 1.